The summed E-state index contributed by atoms with van der Waals surface area (Å²) in [4.78, 5) is 8.14. The lowest BCUT2D eigenvalue weighted by molar-refractivity contribution is 0.869. The first-order valence-corrected chi connectivity index (χ1v) is 9.00. The molecular weight excluding hydrogens is 348 g/mol. The number of nitrogens with zero attached hydrogens (tertiary/aromatic N) is 5. The highest BCUT2D eigenvalue weighted by Gasteiger charge is 2.15. The Balaban J connectivity index is 1.61. The minimum Gasteiger partial charge on any atom is -0.361 e. The van der Waals surface area contributed by atoms with Crippen LogP contribution < -0.4 is 0 Å². The maximum atomic E-state index is 4.85. The van der Waals surface area contributed by atoms with Gasteiger partial charge in [-0.05, 0) is 23.8 Å². The summed E-state index contributed by atoms with van der Waals surface area (Å²) in [7, 11) is 0. The van der Waals surface area contributed by atoms with Gasteiger partial charge in [0.2, 0.25) is 0 Å². The predicted octanol–water partition coefficient (Wildman–Crippen LogP) is 4.07. The normalized spacial score (nSPS) is 11.0. The van der Waals surface area contributed by atoms with E-state index in [0.717, 1.165) is 22.3 Å². The third kappa shape index (κ3) is 3.01. The van der Waals surface area contributed by atoms with Crippen molar-refractivity contribution in [3.63, 3.8) is 0 Å². The largest absolute Gasteiger partial charge is 0.361 e. The van der Waals surface area contributed by atoms with Crippen LogP contribution in [0.2, 0.25) is 0 Å². The number of rotatable bonds is 4. The van der Waals surface area contributed by atoms with Crippen molar-refractivity contribution in [3.8, 4) is 22.6 Å². The first kappa shape index (κ1) is 16.3. The molecule has 3 heterocycles. The Labute approximate surface area is 161 Å². The van der Waals surface area contributed by atoms with Gasteiger partial charge in [0.25, 0.3) is 0 Å². The number of benzene rings is 2. The van der Waals surface area contributed by atoms with E-state index < -0.39 is 0 Å². The molecule has 0 radical (unpaired) electrons. The molecule has 6 heteroatoms. The van der Waals surface area contributed by atoms with E-state index in [2.05, 4.69) is 37.5 Å². The van der Waals surface area contributed by atoms with E-state index in [1.54, 1.807) is 6.20 Å². The third-order valence-corrected chi connectivity index (χ3v) is 4.62. The van der Waals surface area contributed by atoms with Crippen molar-refractivity contribution < 1.29 is 0 Å². The molecule has 5 aromatic rings. The van der Waals surface area contributed by atoms with Crippen LogP contribution in [-0.4, -0.2) is 30.4 Å². The van der Waals surface area contributed by atoms with Crippen LogP contribution in [0.5, 0.6) is 0 Å². The van der Waals surface area contributed by atoms with Gasteiger partial charge in [-0.2, -0.15) is 5.10 Å². The van der Waals surface area contributed by atoms with E-state index in [1.807, 2.05) is 60.8 Å². The Kier molecular flexibility index (Phi) is 4.06. The van der Waals surface area contributed by atoms with Crippen molar-refractivity contribution in [1.29, 1.82) is 0 Å². The molecule has 1 N–H and O–H groups in total. The smallest absolute Gasteiger partial charge is 0.156 e. The van der Waals surface area contributed by atoms with E-state index in [9.17, 15) is 0 Å². The predicted molar refractivity (Wildman–Crippen MR) is 107 cm³/mol. The zero-order valence-electron chi connectivity index (χ0n) is 14.9. The average molecular weight is 364 g/mol. The van der Waals surface area contributed by atoms with Gasteiger partial charge >= 0.3 is 0 Å². The number of fused-ring (bicyclic) bond motifs is 1. The third-order valence-electron chi connectivity index (χ3n) is 4.62. The fourth-order valence-corrected chi connectivity index (χ4v) is 3.28. The SMILES string of the molecule is c1ccc(-c2nc(Cc3c[nH]c4ccccc34)nnc2-c2cccnn2)cc1. The molecule has 0 aliphatic rings. The average Bonchev–Trinajstić information content (AvgIpc) is 3.18. The van der Waals surface area contributed by atoms with Gasteiger partial charge < -0.3 is 4.98 Å². The quantitative estimate of drug-likeness (QED) is 0.520. The number of H-pyrrole nitrogens is 1. The molecule has 0 amide bonds. The molecule has 0 saturated carbocycles. The summed E-state index contributed by atoms with van der Waals surface area (Å²) in [5.41, 5.74) is 5.25. The highest BCUT2D eigenvalue weighted by Crippen LogP contribution is 2.27. The second-order valence-electron chi connectivity index (χ2n) is 6.44. The molecule has 0 fully saturated rings. The van der Waals surface area contributed by atoms with E-state index in [-0.39, 0.29) is 0 Å². The fraction of sp³-hybridized carbons (Fsp3) is 0.0455. The number of aromatic nitrogens is 6. The fourth-order valence-electron chi connectivity index (χ4n) is 3.28. The van der Waals surface area contributed by atoms with Crippen LogP contribution in [0.3, 0.4) is 0 Å². The molecule has 0 bridgehead atoms. The lowest BCUT2D eigenvalue weighted by Gasteiger charge is -2.08. The lowest BCUT2D eigenvalue weighted by atomic mass is 10.1. The Morgan fingerprint density at radius 1 is 0.750 bits per heavy atom. The number of para-hydroxylation sites is 1. The van der Waals surface area contributed by atoms with Crippen molar-refractivity contribution in [2.24, 2.45) is 0 Å². The van der Waals surface area contributed by atoms with Gasteiger partial charge in [0.1, 0.15) is 17.1 Å². The monoisotopic (exact) mass is 364 g/mol. The molecule has 28 heavy (non-hydrogen) atoms. The van der Waals surface area contributed by atoms with Crippen molar-refractivity contribution in [2.45, 2.75) is 6.42 Å². The Bertz CT molecular complexity index is 1230. The molecule has 2 aromatic carbocycles. The van der Waals surface area contributed by atoms with Gasteiger partial charge in [0, 0.05) is 35.3 Å². The molecule has 0 aliphatic carbocycles. The van der Waals surface area contributed by atoms with Crippen LogP contribution in [-0.2, 0) is 6.42 Å². The van der Waals surface area contributed by atoms with E-state index in [1.165, 1.54) is 5.39 Å². The standard InChI is InChI=1S/C22H16N6/c1-2-7-15(8-3-1)21-22(19-11-6-12-24-26-19)28-27-20(25-21)13-16-14-23-18-10-5-4-9-17(16)18/h1-12,14,23H,13H2. The van der Waals surface area contributed by atoms with Crippen LogP contribution in [0, 0.1) is 0 Å². The number of hydrogen-bond donors (Lipinski definition) is 1. The van der Waals surface area contributed by atoms with Gasteiger partial charge in [-0.25, -0.2) is 4.98 Å². The molecule has 5 rings (SSSR count). The maximum Gasteiger partial charge on any atom is 0.156 e. The molecule has 3 aromatic heterocycles. The Morgan fingerprint density at radius 2 is 1.61 bits per heavy atom. The Hall–Kier alpha value is -3.93. The minimum absolute atomic E-state index is 0.595. The van der Waals surface area contributed by atoms with Gasteiger partial charge in [0.05, 0.1) is 0 Å². The van der Waals surface area contributed by atoms with Gasteiger partial charge in [-0.1, -0.05) is 48.5 Å². The summed E-state index contributed by atoms with van der Waals surface area (Å²) in [6.45, 7) is 0. The molecule has 0 unspecified atom stereocenters. The van der Waals surface area contributed by atoms with Gasteiger partial charge in [0.15, 0.2) is 5.82 Å². The summed E-state index contributed by atoms with van der Waals surface area (Å²) in [6, 6.07) is 21.9. The highest BCUT2D eigenvalue weighted by molar-refractivity contribution is 5.83. The summed E-state index contributed by atoms with van der Waals surface area (Å²) in [5.74, 6) is 0.663. The van der Waals surface area contributed by atoms with Crippen LogP contribution in [0.15, 0.2) is 79.1 Å². The molecule has 134 valence electrons. The zero-order chi connectivity index (χ0) is 18.8. The molecule has 0 saturated heterocycles. The van der Waals surface area contributed by atoms with Gasteiger partial charge in [-0.3, -0.25) is 0 Å². The zero-order valence-corrected chi connectivity index (χ0v) is 14.9. The van der Waals surface area contributed by atoms with Crippen LogP contribution in [0.4, 0.5) is 0 Å². The van der Waals surface area contributed by atoms with Crippen molar-refractivity contribution in [3.05, 3.63) is 90.5 Å². The number of nitrogens with one attached hydrogen (secondary N) is 1. The topological polar surface area (TPSA) is 80.2 Å². The second kappa shape index (κ2) is 7.00. The molecular formula is C22H16N6. The van der Waals surface area contributed by atoms with Crippen molar-refractivity contribution in [1.82, 2.24) is 30.4 Å². The van der Waals surface area contributed by atoms with Crippen LogP contribution in [0.1, 0.15) is 11.4 Å². The Morgan fingerprint density at radius 3 is 2.46 bits per heavy atom. The first-order valence-electron chi connectivity index (χ1n) is 9.00. The number of hydrogen-bond acceptors (Lipinski definition) is 5. The first-order chi connectivity index (χ1) is 13.9. The second-order valence-corrected chi connectivity index (χ2v) is 6.44. The van der Waals surface area contributed by atoms with E-state index >= 15 is 0 Å². The molecule has 6 nitrogen and oxygen atoms in total. The van der Waals surface area contributed by atoms with Crippen molar-refractivity contribution in [2.75, 3.05) is 0 Å². The summed E-state index contributed by atoms with van der Waals surface area (Å²) in [5, 5.41) is 18.2. The van der Waals surface area contributed by atoms with Crippen molar-refractivity contribution >= 4 is 10.9 Å². The van der Waals surface area contributed by atoms with E-state index in [4.69, 9.17) is 4.98 Å². The molecule has 0 spiro atoms. The van der Waals surface area contributed by atoms with Gasteiger partial charge in [-0.15, -0.1) is 15.3 Å². The molecule has 0 aliphatic heterocycles. The van der Waals surface area contributed by atoms with Crippen LogP contribution in [0.25, 0.3) is 33.5 Å². The van der Waals surface area contributed by atoms with E-state index in [0.29, 0.717) is 23.6 Å². The van der Waals surface area contributed by atoms with Crippen LogP contribution >= 0.6 is 0 Å². The summed E-state index contributed by atoms with van der Waals surface area (Å²) in [6.07, 6.45) is 4.24. The number of aromatic amines is 1. The lowest BCUT2D eigenvalue weighted by Crippen LogP contribution is -2.04. The highest BCUT2D eigenvalue weighted by atomic mass is 15.2. The maximum absolute atomic E-state index is 4.85. The summed E-state index contributed by atoms with van der Waals surface area (Å²) >= 11 is 0. The minimum atomic E-state index is 0.595. The molecule has 0 atom stereocenters. The summed E-state index contributed by atoms with van der Waals surface area (Å²) < 4.78 is 0.